The molecule has 0 aliphatic carbocycles. The Labute approximate surface area is 234 Å². The highest BCUT2D eigenvalue weighted by Crippen LogP contribution is 2.49. The highest BCUT2D eigenvalue weighted by Gasteiger charge is 2.38. The van der Waals surface area contributed by atoms with Gasteiger partial charge in [0, 0.05) is 0 Å². The van der Waals surface area contributed by atoms with Gasteiger partial charge in [-0.15, -0.1) is 0 Å². The minimum absolute atomic E-state index is 0.430. The van der Waals surface area contributed by atoms with Crippen LogP contribution in [0.1, 0.15) is 69.2 Å². The molecule has 0 radical (unpaired) electrons. The van der Waals surface area contributed by atoms with Gasteiger partial charge < -0.3 is 18.5 Å². The molecule has 0 aliphatic heterocycles. The van der Waals surface area contributed by atoms with Crippen LogP contribution < -0.4 is 18.5 Å². The van der Waals surface area contributed by atoms with Crippen LogP contribution in [0.15, 0.2) is 60.7 Å². The number of aryl methyl sites for hydroxylation is 4. The van der Waals surface area contributed by atoms with Crippen LogP contribution >= 0.6 is 16.1 Å². The van der Waals surface area contributed by atoms with Crippen molar-refractivity contribution in [1.29, 1.82) is 0 Å². The SMILES string of the molecule is CCC(C)(Oc1c(C)cccc1C)[PH](=O)Oc1ccc(O[PH](=O)C(CC)(CC)Oc2c(C)cccc2C)cc1. The van der Waals surface area contributed by atoms with Crippen molar-refractivity contribution in [2.24, 2.45) is 0 Å². The summed E-state index contributed by atoms with van der Waals surface area (Å²) >= 11 is 0. The van der Waals surface area contributed by atoms with E-state index < -0.39 is 26.7 Å². The minimum Gasteiger partial charge on any atom is -0.476 e. The van der Waals surface area contributed by atoms with Gasteiger partial charge >= 0.3 is 0 Å². The summed E-state index contributed by atoms with van der Waals surface area (Å²) in [6.45, 7) is 15.6. The fourth-order valence-corrected chi connectivity index (χ4v) is 6.65. The molecule has 39 heavy (non-hydrogen) atoms. The van der Waals surface area contributed by atoms with Crippen molar-refractivity contribution in [2.45, 2.75) is 85.3 Å². The van der Waals surface area contributed by atoms with Gasteiger partial charge in [0.05, 0.1) is 0 Å². The smallest absolute Gasteiger partial charge is 0.278 e. The van der Waals surface area contributed by atoms with Crippen molar-refractivity contribution in [1.82, 2.24) is 0 Å². The van der Waals surface area contributed by atoms with Gasteiger partial charge in [-0.05, 0) is 100 Å². The van der Waals surface area contributed by atoms with E-state index in [1.807, 2.05) is 91.8 Å². The number of rotatable bonds is 13. The maximum Gasteiger partial charge on any atom is 0.278 e. The van der Waals surface area contributed by atoms with Gasteiger partial charge in [-0.3, -0.25) is 9.13 Å². The van der Waals surface area contributed by atoms with Gasteiger partial charge in [0.1, 0.15) is 23.0 Å². The Hall–Kier alpha value is -2.68. The molecule has 0 saturated heterocycles. The van der Waals surface area contributed by atoms with Crippen LogP contribution in [0.2, 0.25) is 0 Å². The zero-order chi connectivity index (χ0) is 28.8. The second-order valence-electron chi connectivity index (χ2n) is 10.2. The molecule has 0 bridgehead atoms. The molecule has 0 aliphatic rings. The van der Waals surface area contributed by atoms with Crippen molar-refractivity contribution >= 4 is 16.1 Å². The van der Waals surface area contributed by atoms with Crippen LogP contribution in [0.25, 0.3) is 0 Å². The van der Waals surface area contributed by atoms with Crippen molar-refractivity contribution < 1.29 is 27.7 Å². The summed E-state index contributed by atoms with van der Waals surface area (Å²) in [7, 11) is -5.32. The van der Waals surface area contributed by atoms with E-state index in [2.05, 4.69) is 0 Å². The third kappa shape index (κ3) is 7.10. The summed E-state index contributed by atoms with van der Waals surface area (Å²) < 4.78 is 51.4. The normalized spacial score (nSPS) is 14.7. The molecule has 212 valence electrons. The predicted molar refractivity (Wildman–Crippen MR) is 161 cm³/mol. The number of benzene rings is 3. The summed E-state index contributed by atoms with van der Waals surface area (Å²) in [5.41, 5.74) is 3.96. The van der Waals surface area contributed by atoms with Crippen molar-refractivity contribution in [3.8, 4) is 23.0 Å². The van der Waals surface area contributed by atoms with Crippen LogP contribution in [-0.2, 0) is 9.13 Å². The van der Waals surface area contributed by atoms with Crippen LogP contribution in [0.3, 0.4) is 0 Å². The van der Waals surface area contributed by atoms with E-state index in [9.17, 15) is 9.13 Å². The average molecular weight is 573 g/mol. The summed E-state index contributed by atoms with van der Waals surface area (Å²) in [5, 5.41) is -1.91. The second kappa shape index (κ2) is 13.1. The third-order valence-corrected chi connectivity index (χ3v) is 11.0. The molecule has 0 aromatic heterocycles. The lowest BCUT2D eigenvalue weighted by molar-refractivity contribution is 0.133. The molecule has 3 aromatic rings. The Morgan fingerprint density at radius 1 is 0.590 bits per heavy atom. The quantitative estimate of drug-likeness (QED) is 0.190. The lowest BCUT2D eigenvalue weighted by Crippen LogP contribution is -2.32. The van der Waals surface area contributed by atoms with Crippen molar-refractivity contribution in [2.75, 3.05) is 0 Å². The maximum atomic E-state index is 13.5. The first kappa shape index (κ1) is 30.9. The molecule has 0 N–H and O–H groups in total. The second-order valence-corrected chi connectivity index (χ2v) is 13.7. The Kier molecular flexibility index (Phi) is 10.4. The van der Waals surface area contributed by atoms with Gasteiger partial charge in [0.2, 0.25) is 0 Å². The number of ether oxygens (including phenoxy) is 2. The zero-order valence-corrected chi connectivity index (χ0v) is 26.3. The van der Waals surface area contributed by atoms with E-state index >= 15 is 0 Å². The summed E-state index contributed by atoms with van der Waals surface area (Å²) in [6.07, 6.45) is 1.58. The Morgan fingerprint density at radius 2 is 0.974 bits per heavy atom. The fraction of sp³-hybridized carbons (Fsp3) is 0.419. The number of hydrogen-bond donors (Lipinski definition) is 0. The van der Waals surface area contributed by atoms with Crippen LogP contribution in [0.4, 0.5) is 0 Å². The Morgan fingerprint density at radius 3 is 1.36 bits per heavy atom. The highest BCUT2D eigenvalue weighted by molar-refractivity contribution is 7.41. The topological polar surface area (TPSA) is 71.1 Å². The average Bonchev–Trinajstić information content (AvgIpc) is 2.92. The first-order valence-corrected chi connectivity index (χ1v) is 16.2. The third-order valence-electron chi connectivity index (χ3n) is 7.31. The largest absolute Gasteiger partial charge is 0.476 e. The molecule has 0 amide bonds. The molecule has 0 fully saturated rings. The maximum absolute atomic E-state index is 13.5. The fourth-order valence-electron chi connectivity index (χ4n) is 4.31. The monoisotopic (exact) mass is 572 g/mol. The molecule has 3 aromatic carbocycles. The van der Waals surface area contributed by atoms with E-state index in [0.29, 0.717) is 30.8 Å². The molecule has 3 atom stereocenters. The Bertz CT molecular complexity index is 1280. The van der Waals surface area contributed by atoms with Gasteiger partial charge in [-0.25, -0.2) is 0 Å². The van der Waals surface area contributed by atoms with Crippen LogP contribution in [-0.4, -0.2) is 10.7 Å². The standard InChI is InChI=1S/C31H42O6P2/c1-9-30(8,34-28-22(4)14-12-15-23(28)5)38(32)36-26-18-20-27(21-19-26)37-39(33)31(10-2,11-3)35-29-24(6)16-13-17-25(29)7/h12-21,38-39H,9-11H2,1-8H3. The lowest BCUT2D eigenvalue weighted by Gasteiger charge is -2.33. The molecule has 3 rings (SSSR count). The molecule has 0 heterocycles. The molecule has 3 unspecified atom stereocenters. The molecule has 6 nitrogen and oxygen atoms in total. The number of para-hydroxylation sites is 2. The van der Waals surface area contributed by atoms with Crippen LogP contribution in [0, 0.1) is 27.7 Å². The first-order chi connectivity index (χ1) is 18.5. The molecular weight excluding hydrogens is 530 g/mol. The van der Waals surface area contributed by atoms with E-state index in [1.165, 1.54) is 0 Å². The van der Waals surface area contributed by atoms with Gasteiger partial charge in [-0.1, -0.05) is 57.2 Å². The lowest BCUT2D eigenvalue weighted by atomic mass is 10.1. The zero-order valence-electron chi connectivity index (χ0n) is 24.3. The summed E-state index contributed by atoms with van der Waals surface area (Å²) in [6, 6.07) is 18.6. The van der Waals surface area contributed by atoms with Crippen molar-refractivity contribution in [3.05, 3.63) is 82.9 Å². The van der Waals surface area contributed by atoms with E-state index in [4.69, 9.17) is 18.5 Å². The number of hydrogen-bond acceptors (Lipinski definition) is 6. The van der Waals surface area contributed by atoms with E-state index in [1.54, 1.807) is 24.3 Å². The van der Waals surface area contributed by atoms with Gasteiger partial charge in [-0.2, -0.15) is 0 Å². The van der Waals surface area contributed by atoms with E-state index in [-0.39, 0.29) is 0 Å². The summed E-state index contributed by atoms with van der Waals surface area (Å²) in [5.74, 6) is 2.35. The van der Waals surface area contributed by atoms with Gasteiger partial charge in [0.15, 0.2) is 10.7 Å². The predicted octanol–water partition coefficient (Wildman–Crippen LogP) is 9.43. The van der Waals surface area contributed by atoms with Crippen LogP contribution in [0.5, 0.6) is 23.0 Å². The van der Waals surface area contributed by atoms with Crippen molar-refractivity contribution in [3.63, 3.8) is 0 Å². The van der Waals surface area contributed by atoms with E-state index in [0.717, 1.165) is 33.8 Å². The first-order valence-electron chi connectivity index (χ1n) is 13.5. The molecular formula is C31H42O6P2. The molecule has 0 spiro atoms. The Balaban J connectivity index is 1.72. The minimum atomic E-state index is -2.66. The highest BCUT2D eigenvalue weighted by atomic mass is 31.1. The van der Waals surface area contributed by atoms with Gasteiger partial charge in [0.25, 0.3) is 16.1 Å². The summed E-state index contributed by atoms with van der Waals surface area (Å²) in [4.78, 5) is 0. The molecule has 0 saturated carbocycles. The molecule has 8 heteroatoms.